The number of piperazine rings is 1. The van der Waals surface area contributed by atoms with Crippen LogP contribution in [0, 0.1) is 0 Å². The van der Waals surface area contributed by atoms with Crippen LogP contribution in [0.2, 0.25) is 0 Å². The number of rotatable bonds is 10. The fourth-order valence-electron chi connectivity index (χ4n) is 3.82. The summed E-state index contributed by atoms with van der Waals surface area (Å²) >= 11 is 0. The molecule has 32 heavy (non-hydrogen) atoms. The second-order valence-corrected chi connectivity index (χ2v) is 9.90. The van der Waals surface area contributed by atoms with Gasteiger partial charge in [-0.2, -0.15) is 4.31 Å². The molecule has 1 N–H and O–H groups in total. The number of sulfonamides is 1. The predicted octanol–water partition coefficient (Wildman–Crippen LogP) is 2.70. The molecule has 1 aliphatic rings. The molecule has 1 aliphatic heterocycles. The Kier molecular flexibility index (Phi) is 8.67. The normalized spacial score (nSPS) is 15.5. The molecule has 0 spiro atoms. The van der Waals surface area contributed by atoms with E-state index >= 15 is 0 Å². The van der Waals surface area contributed by atoms with Crippen molar-refractivity contribution in [2.75, 3.05) is 45.9 Å². The van der Waals surface area contributed by atoms with E-state index < -0.39 is 10.0 Å². The first-order valence-corrected chi connectivity index (χ1v) is 12.6. The zero-order valence-corrected chi connectivity index (χ0v) is 19.7. The number of amides is 1. The predicted molar refractivity (Wildman–Crippen MR) is 125 cm³/mol. The van der Waals surface area contributed by atoms with Gasteiger partial charge in [0.15, 0.2) is 0 Å². The highest BCUT2D eigenvalue weighted by atomic mass is 32.2. The van der Waals surface area contributed by atoms with E-state index in [4.69, 9.17) is 4.74 Å². The van der Waals surface area contributed by atoms with Crippen LogP contribution >= 0.6 is 0 Å². The van der Waals surface area contributed by atoms with Crippen LogP contribution in [0.3, 0.4) is 0 Å². The molecule has 0 saturated carbocycles. The number of benzene rings is 2. The van der Waals surface area contributed by atoms with E-state index in [0.717, 1.165) is 18.7 Å². The lowest BCUT2D eigenvalue weighted by Crippen LogP contribution is -2.47. The molecule has 174 valence electrons. The monoisotopic (exact) mass is 459 g/mol. The van der Waals surface area contributed by atoms with E-state index in [9.17, 15) is 13.2 Å². The zero-order chi connectivity index (χ0) is 23.0. The number of nitrogens with zero attached hydrogens (tertiary/aromatic N) is 2. The van der Waals surface area contributed by atoms with Crippen molar-refractivity contribution in [3.63, 3.8) is 0 Å². The van der Waals surface area contributed by atoms with Crippen molar-refractivity contribution in [3.05, 3.63) is 60.2 Å². The average Bonchev–Trinajstić information content (AvgIpc) is 2.83. The smallest absolute Gasteiger partial charge is 0.243 e. The van der Waals surface area contributed by atoms with Crippen molar-refractivity contribution >= 4 is 15.9 Å². The van der Waals surface area contributed by atoms with Crippen LogP contribution in [0.4, 0.5) is 0 Å². The molecular formula is C24H33N3O4S. The van der Waals surface area contributed by atoms with Crippen molar-refractivity contribution in [3.8, 4) is 5.75 Å². The van der Waals surface area contributed by atoms with Crippen LogP contribution < -0.4 is 10.1 Å². The molecule has 1 saturated heterocycles. The lowest BCUT2D eigenvalue weighted by atomic mass is 10.0. The number of carbonyl (C=O) groups is 1. The third-order valence-corrected chi connectivity index (χ3v) is 7.54. The topological polar surface area (TPSA) is 79.0 Å². The van der Waals surface area contributed by atoms with Crippen LogP contribution in [0.1, 0.15) is 31.7 Å². The lowest BCUT2D eigenvalue weighted by Gasteiger charge is -2.29. The van der Waals surface area contributed by atoms with Gasteiger partial charge in [-0.25, -0.2) is 8.42 Å². The molecule has 8 heteroatoms. The minimum absolute atomic E-state index is 0.00856. The van der Waals surface area contributed by atoms with Crippen molar-refractivity contribution in [2.45, 2.75) is 31.1 Å². The van der Waals surface area contributed by atoms with Gasteiger partial charge in [0.25, 0.3) is 0 Å². The standard InChI is InChI=1S/C24H33N3O4S/c1-3-31-22-9-11-23(12-10-22)32(29,30)27(19-20(2)21-7-5-4-6-8-21)16-13-24(28)26-17-14-25-15-18-26/h4-12,20,25H,3,13-19H2,1-2H3. The highest BCUT2D eigenvalue weighted by Crippen LogP contribution is 2.24. The number of nitrogens with one attached hydrogen (secondary N) is 1. The quantitative estimate of drug-likeness (QED) is 0.591. The first-order chi connectivity index (χ1) is 15.4. The van der Waals surface area contributed by atoms with Gasteiger partial charge >= 0.3 is 0 Å². The Morgan fingerprint density at radius 3 is 2.38 bits per heavy atom. The lowest BCUT2D eigenvalue weighted by molar-refractivity contribution is -0.131. The van der Waals surface area contributed by atoms with E-state index in [2.05, 4.69) is 5.32 Å². The minimum Gasteiger partial charge on any atom is -0.494 e. The molecule has 1 amide bonds. The Hall–Kier alpha value is -2.42. The van der Waals surface area contributed by atoms with Gasteiger partial charge in [0.05, 0.1) is 11.5 Å². The molecule has 2 aromatic rings. The molecular weight excluding hydrogens is 426 g/mol. The van der Waals surface area contributed by atoms with Gasteiger partial charge < -0.3 is 15.0 Å². The summed E-state index contributed by atoms with van der Waals surface area (Å²) < 4.78 is 33.9. The largest absolute Gasteiger partial charge is 0.494 e. The van der Waals surface area contributed by atoms with Gasteiger partial charge in [-0.15, -0.1) is 0 Å². The second kappa shape index (κ2) is 11.4. The summed E-state index contributed by atoms with van der Waals surface area (Å²) in [6, 6.07) is 16.3. The number of hydrogen-bond acceptors (Lipinski definition) is 5. The van der Waals surface area contributed by atoms with Gasteiger partial charge in [-0.3, -0.25) is 4.79 Å². The molecule has 1 unspecified atom stereocenters. The fraction of sp³-hybridized carbons (Fsp3) is 0.458. The van der Waals surface area contributed by atoms with Gasteiger partial charge in [0.2, 0.25) is 15.9 Å². The third kappa shape index (κ3) is 6.31. The van der Waals surface area contributed by atoms with Gasteiger partial charge in [0.1, 0.15) is 5.75 Å². The molecule has 0 aliphatic carbocycles. The Morgan fingerprint density at radius 2 is 1.75 bits per heavy atom. The Morgan fingerprint density at radius 1 is 1.09 bits per heavy atom. The average molecular weight is 460 g/mol. The maximum absolute atomic E-state index is 13.5. The molecule has 0 bridgehead atoms. The van der Waals surface area contributed by atoms with Crippen molar-refractivity contribution in [1.82, 2.24) is 14.5 Å². The van der Waals surface area contributed by atoms with Crippen molar-refractivity contribution in [1.29, 1.82) is 0 Å². The van der Waals surface area contributed by atoms with E-state index in [-0.39, 0.29) is 29.7 Å². The molecule has 0 aromatic heterocycles. The van der Waals surface area contributed by atoms with Crippen LogP contribution in [0.15, 0.2) is 59.5 Å². The van der Waals surface area contributed by atoms with Crippen molar-refractivity contribution < 1.29 is 17.9 Å². The summed E-state index contributed by atoms with van der Waals surface area (Å²) in [4.78, 5) is 14.7. The molecule has 3 rings (SSSR count). The highest BCUT2D eigenvalue weighted by molar-refractivity contribution is 7.89. The zero-order valence-electron chi connectivity index (χ0n) is 18.9. The maximum atomic E-state index is 13.5. The molecule has 2 aromatic carbocycles. The summed E-state index contributed by atoms with van der Waals surface area (Å²) in [6.45, 7) is 7.71. The van der Waals surface area contributed by atoms with Crippen LogP contribution in [-0.2, 0) is 14.8 Å². The van der Waals surface area contributed by atoms with Gasteiger partial charge in [-0.1, -0.05) is 37.3 Å². The van der Waals surface area contributed by atoms with Crippen LogP contribution in [0.5, 0.6) is 5.75 Å². The Labute approximate surface area is 191 Å². The first-order valence-electron chi connectivity index (χ1n) is 11.2. The highest BCUT2D eigenvalue weighted by Gasteiger charge is 2.28. The second-order valence-electron chi connectivity index (χ2n) is 7.96. The fourth-order valence-corrected chi connectivity index (χ4v) is 5.35. The SMILES string of the molecule is CCOc1ccc(S(=O)(=O)N(CCC(=O)N2CCNCC2)CC(C)c2ccccc2)cc1. The first kappa shape index (κ1) is 24.2. The van der Waals surface area contributed by atoms with E-state index in [1.807, 2.05) is 44.2 Å². The molecule has 7 nitrogen and oxygen atoms in total. The molecule has 1 heterocycles. The Balaban J connectivity index is 1.78. The number of hydrogen-bond donors (Lipinski definition) is 1. The summed E-state index contributed by atoms with van der Waals surface area (Å²) in [5.41, 5.74) is 1.06. The molecule has 1 atom stereocenters. The minimum atomic E-state index is -3.77. The molecule has 1 fully saturated rings. The van der Waals surface area contributed by atoms with Crippen molar-refractivity contribution in [2.24, 2.45) is 0 Å². The molecule has 0 radical (unpaired) electrons. The van der Waals surface area contributed by atoms with Gasteiger partial charge in [-0.05, 0) is 42.7 Å². The summed E-state index contributed by atoms with van der Waals surface area (Å²) in [7, 11) is -3.77. The van der Waals surface area contributed by atoms with E-state index in [1.54, 1.807) is 29.2 Å². The third-order valence-electron chi connectivity index (χ3n) is 5.66. The Bertz CT molecular complexity index is 958. The van der Waals surface area contributed by atoms with Gasteiger partial charge in [0, 0.05) is 45.7 Å². The summed E-state index contributed by atoms with van der Waals surface area (Å²) in [5, 5.41) is 3.23. The summed E-state index contributed by atoms with van der Waals surface area (Å²) in [6.07, 6.45) is 0.164. The van der Waals surface area contributed by atoms with E-state index in [0.29, 0.717) is 32.0 Å². The van der Waals surface area contributed by atoms with Crippen LogP contribution in [-0.4, -0.2) is 69.4 Å². The van der Waals surface area contributed by atoms with E-state index in [1.165, 1.54) is 4.31 Å². The number of ether oxygens (including phenoxy) is 1. The van der Waals surface area contributed by atoms with Crippen LogP contribution in [0.25, 0.3) is 0 Å². The summed E-state index contributed by atoms with van der Waals surface area (Å²) in [5.74, 6) is 0.609. The maximum Gasteiger partial charge on any atom is 0.243 e. The number of carbonyl (C=O) groups excluding carboxylic acids is 1.